The van der Waals surface area contributed by atoms with Gasteiger partial charge in [-0.3, -0.25) is 4.99 Å². The van der Waals surface area contributed by atoms with Gasteiger partial charge in [-0.25, -0.2) is 9.18 Å². The third-order valence-corrected chi connectivity index (χ3v) is 4.94. The van der Waals surface area contributed by atoms with Gasteiger partial charge in [0.05, 0.1) is 12.7 Å². The van der Waals surface area contributed by atoms with E-state index in [0.29, 0.717) is 24.6 Å². The Labute approximate surface area is 158 Å². The third kappa shape index (κ3) is 4.64. The SMILES string of the molecule is CN=C(NCc1ccc(C(=O)OC)cc1)NCC1(c2cccc(F)c2)CC1. The van der Waals surface area contributed by atoms with E-state index in [0.717, 1.165) is 24.0 Å². The van der Waals surface area contributed by atoms with Gasteiger partial charge < -0.3 is 15.4 Å². The molecular formula is C21H24FN3O2. The molecule has 2 N–H and O–H groups in total. The molecule has 0 aliphatic heterocycles. The molecule has 6 heteroatoms. The van der Waals surface area contributed by atoms with Crippen LogP contribution in [0.2, 0.25) is 0 Å². The minimum Gasteiger partial charge on any atom is -0.465 e. The lowest BCUT2D eigenvalue weighted by Crippen LogP contribution is -2.40. The Morgan fingerprint density at radius 1 is 1.19 bits per heavy atom. The third-order valence-electron chi connectivity index (χ3n) is 4.94. The van der Waals surface area contributed by atoms with E-state index in [1.54, 1.807) is 31.3 Å². The van der Waals surface area contributed by atoms with Gasteiger partial charge in [0.1, 0.15) is 5.82 Å². The van der Waals surface area contributed by atoms with Crippen molar-refractivity contribution < 1.29 is 13.9 Å². The summed E-state index contributed by atoms with van der Waals surface area (Å²) in [6, 6.07) is 14.1. The first-order chi connectivity index (χ1) is 13.1. The highest BCUT2D eigenvalue weighted by atomic mass is 19.1. The highest BCUT2D eigenvalue weighted by Crippen LogP contribution is 2.47. The molecule has 1 aliphatic carbocycles. The standard InChI is InChI=1S/C21H24FN3O2/c1-23-20(24-13-15-6-8-16(9-7-15)19(26)27-2)25-14-21(10-11-21)17-4-3-5-18(22)12-17/h3-9,12H,10-11,13-14H2,1-2H3,(H2,23,24,25). The van der Waals surface area contributed by atoms with Gasteiger partial charge in [-0.2, -0.15) is 0 Å². The molecule has 27 heavy (non-hydrogen) atoms. The van der Waals surface area contributed by atoms with Crippen molar-refractivity contribution in [3.8, 4) is 0 Å². The molecule has 5 nitrogen and oxygen atoms in total. The van der Waals surface area contributed by atoms with Gasteiger partial charge in [-0.05, 0) is 48.2 Å². The molecule has 142 valence electrons. The molecule has 0 radical (unpaired) electrons. The van der Waals surface area contributed by atoms with Gasteiger partial charge in [-0.15, -0.1) is 0 Å². The topological polar surface area (TPSA) is 62.7 Å². The van der Waals surface area contributed by atoms with Crippen LogP contribution in [0.15, 0.2) is 53.5 Å². The molecule has 0 aromatic heterocycles. The fourth-order valence-electron chi connectivity index (χ4n) is 3.07. The molecule has 3 rings (SSSR count). The van der Waals surface area contributed by atoms with Crippen molar-refractivity contribution >= 4 is 11.9 Å². The molecule has 1 fully saturated rings. The number of aliphatic imine (C=N–C) groups is 1. The molecule has 0 spiro atoms. The average molecular weight is 369 g/mol. The van der Waals surface area contributed by atoms with Gasteiger partial charge in [-0.1, -0.05) is 24.3 Å². The van der Waals surface area contributed by atoms with Crippen molar-refractivity contribution in [3.63, 3.8) is 0 Å². The molecule has 0 bridgehead atoms. The Balaban J connectivity index is 1.53. The first-order valence-electron chi connectivity index (χ1n) is 8.94. The van der Waals surface area contributed by atoms with Crippen LogP contribution in [-0.2, 0) is 16.7 Å². The fraction of sp³-hybridized carbons (Fsp3) is 0.333. The summed E-state index contributed by atoms with van der Waals surface area (Å²) in [5.74, 6) is 0.144. The minimum absolute atomic E-state index is 0.0120. The van der Waals surface area contributed by atoms with Crippen LogP contribution in [0.5, 0.6) is 0 Å². The average Bonchev–Trinajstić information content (AvgIpc) is 3.49. The second-order valence-corrected chi connectivity index (χ2v) is 6.76. The predicted molar refractivity (Wildman–Crippen MR) is 103 cm³/mol. The number of carbonyl (C=O) groups is 1. The molecule has 2 aromatic carbocycles. The molecule has 1 saturated carbocycles. The Morgan fingerprint density at radius 3 is 2.52 bits per heavy atom. The van der Waals surface area contributed by atoms with Crippen LogP contribution in [0.4, 0.5) is 4.39 Å². The van der Waals surface area contributed by atoms with Crippen LogP contribution in [-0.4, -0.2) is 32.6 Å². The van der Waals surface area contributed by atoms with Crippen molar-refractivity contribution in [3.05, 3.63) is 71.0 Å². The van der Waals surface area contributed by atoms with Crippen molar-refractivity contribution in [1.29, 1.82) is 0 Å². The summed E-state index contributed by atoms with van der Waals surface area (Å²) in [4.78, 5) is 15.7. The van der Waals surface area contributed by atoms with E-state index in [2.05, 4.69) is 15.6 Å². The monoisotopic (exact) mass is 369 g/mol. The van der Waals surface area contributed by atoms with Gasteiger partial charge in [0.25, 0.3) is 0 Å². The maximum Gasteiger partial charge on any atom is 0.337 e. The summed E-state index contributed by atoms with van der Waals surface area (Å²) >= 11 is 0. The van der Waals surface area contributed by atoms with Gasteiger partial charge >= 0.3 is 5.97 Å². The van der Waals surface area contributed by atoms with Crippen LogP contribution in [0.25, 0.3) is 0 Å². The van der Waals surface area contributed by atoms with E-state index in [4.69, 9.17) is 4.74 Å². The van der Waals surface area contributed by atoms with E-state index in [1.165, 1.54) is 13.2 Å². The molecule has 2 aromatic rings. The lowest BCUT2D eigenvalue weighted by Gasteiger charge is -2.19. The van der Waals surface area contributed by atoms with Crippen LogP contribution >= 0.6 is 0 Å². The summed E-state index contributed by atoms with van der Waals surface area (Å²) in [6.45, 7) is 1.28. The minimum atomic E-state index is -0.348. The van der Waals surface area contributed by atoms with Crippen LogP contribution in [0, 0.1) is 5.82 Å². The van der Waals surface area contributed by atoms with E-state index in [1.807, 2.05) is 18.2 Å². The second-order valence-electron chi connectivity index (χ2n) is 6.76. The zero-order valence-corrected chi connectivity index (χ0v) is 15.6. The number of nitrogens with one attached hydrogen (secondary N) is 2. The number of guanidine groups is 1. The summed E-state index contributed by atoms with van der Waals surface area (Å²) < 4.78 is 18.2. The summed E-state index contributed by atoms with van der Waals surface area (Å²) in [6.07, 6.45) is 2.07. The number of nitrogens with zero attached hydrogens (tertiary/aromatic N) is 1. The van der Waals surface area contributed by atoms with Crippen molar-refractivity contribution in [2.75, 3.05) is 20.7 Å². The van der Waals surface area contributed by atoms with E-state index in [9.17, 15) is 9.18 Å². The number of esters is 1. The molecule has 0 amide bonds. The Hall–Kier alpha value is -2.89. The molecule has 0 saturated heterocycles. The molecule has 0 unspecified atom stereocenters. The van der Waals surface area contributed by atoms with E-state index < -0.39 is 0 Å². The Kier molecular flexibility index (Phi) is 5.74. The summed E-state index contributed by atoms with van der Waals surface area (Å²) in [7, 11) is 3.08. The van der Waals surface area contributed by atoms with Crippen molar-refractivity contribution in [2.45, 2.75) is 24.8 Å². The molecular weight excluding hydrogens is 345 g/mol. The lowest BCUT2D eigenvalue weighted by molar-refractivity contribution is 0.0600. The van der Waals surface area contributed by atoms with Crippen molar-refractivity contribution in [1.82, 2.24) is 10.6 Å². The van der Waals surface area contributed by atoms with Crippen molar-refractivity contribution in [2.24, 2.45) is 4.99 Å². The number of benzene rings is 2. The number of methoxy groups -OCH3 is 1. The van der Waals surface area contributed by atoms with E-state index >= 15 is 0 Å². The number of carbonyl (C=O) groups excluding carboxylic acids is 1. The number of hydrogen-bond acceptors (Lipinski definition) is 3. The van der Waals surface area contributed by atoms with E-state index in [-0.39, 0.29) is 17.2 Å². The van der Waals surface area contributed by atoms with Gasteiger partial charge in [0.2, 0.25) is 0 Å². The highest BCUT2D eigenvalue weighted by Gasteiger charge is 2.44. The fourth-order valence-corrected chi connectivity index (χ4v) is 3.07. The Morgan fingerprint density at radius 2 is 1.93 bits per heavy atom. The quantitative estimate of drug-likeness (QED) is 0.467. The number of ether oxygens (including phenoxy) is 1. The zero-order valence-electron chi connectivity index (χ0n) is 15.6. The predicted octanol–water partition coefficient (Wildman–Crippen LogP) is 3.01. The Bertz CT molecular complexity index is 830. The second kappa shape index (κ2) is 8.20. The zero-order chi connectivity index (χ0) is 19.3. The molecule has 1 aliphatic rings. The van der Waals surface area contributed by atoms with Crippen LogP contribution in [0.1, 0.15) is 34.3 Å². The first-order valence-corrected chi connectivity index (χ1v) is 8.94. The summed E-state index contributed by atoms with van der Waals surface area (Å²) in [5.41, 5.74) is 2.57. The largest absolute Gasteiger partial charge is 0.465 e. The highest BCUT2D eigenvalue weighted by molar-refractivity contribution is 5.89. The smallest absolute Gasteiger partial charge is 0.337 e. The normalized spacial score (nSPS) is 15.1. The first kappa shape index (κ1) is 18.9. The van der Waals surface area contributed by atoms with Crippen LogP contribution in [0.3, 0.4) is 0 Å². The number of rotatable bonds is 6. The maximum absolute atomic E-state index is 13.5. The van der Waals surface area contributed by atoms with Crippen LogP contribution < -0.4 is 10.6 Å². The van der Waals surface area contributed by atoms with Gasteiger partial charge in [0.15, 0.2) is 5.96 Å². The molecule has 0 atom stereocenters. The lowest BCUT2D eigenvalue weighted by atomic mass is 9.96. The maximum atomic E-state index is 13.5. The number of hydrogen-bond donors (Lipinski definition) is 2. The molecule has 0 heterocycles. The summed E-state index contributed by atoms with van der Waals surface area (Å²) in [5, 5.41) is 6.60. The number of halogens is 1. The van der Waals surface area contributed by atoms with Gasteiger partial charge in [0, 0.05) is 25.6 Å².